The van der Waals surface area contributed by atoms with E-state index in [1.807, 2.05) is 26.2 Å². The maximum atomic E-state index is 12.1. The number of amides is 2. The van der Waals surface area contributed by atoms with E-state index < -0.39 is 5.97 Å². The fourth-order valence-electron chi connectivity index (χ4n) is 2.04. The van der Waals surface area contributed by atoms with Gasteiger partial charge in [-0.2, -0.15) is 0 Å². The molecule has 138 valence electrons. The number of thiophene rings is 1. The normalized spacial score (nSPS) is 10.9. The minimum absolute atomic E-state index is 0.244. The Morgan fingerprint density at radius 2 is 1.92 bits per heavy atom. The van der Waals surface area contributed by atoms with E-state index in [-0.39, 0.29) is 29.5 Å². The van der Waals surface area contributed by atoms with Crippen molar-refractivity contribution in [2.75, 3.05) is 11.9 Å². The number of benzene rings is 1. The Labute approximate surface area is 156 Å². The molecule has 1 heterocycles. The predicted octanol–water partition coefficient (Wildman–Crippen LogP) is 3.46. The molecule has 1 aromatic heterocycles. The largest absolute Gasteiger partial charge is 0.452 e. The van der Waals surface area contributed by atoms with Gasteiger partial charge >= 0.3 is 5.97 Å². The highest BCUT2D eigenvalue weighted by molar-refractivity contribution is 7.12. The van der Waals surface area contributed by atoms with E-state index in [2.05, 4.69) is 10.6 Å². The second kappa shape index (κ2) is 8.62. The molecule has 2 amide bonds. The number of nitrogens with one attached hydrogen (secondary N) is 2. The van der Waals surface area contributed by atoms with Crippen LogP contribution in [-0.4, -0.2) is 29.9 Å². The molecule has 0 spiro atoms. The highest BCUT2D eigenvalue weighted by Gasteiger charge is 2.19. The van der Waals surface area contributed by atoms with Gasteiger partial charge in [0.2, 0.25) is 0 Å². The van der Waals surface area contributed by atoms with Gasteiger partial charge in [0.1, 0.15) is 0 Å². The third kappa shape index (κ3) is 5.70. The molecule has 0 aliphatic rings. The van der Waals surface area contributed by atoms with E-state index in [1.165, 1.54) is 17.4 Å². The molecule has 0 radical (unpaired) electrons. The van der Waals surface area contributed by atoms with Crippen LogP contribution in [0.25, 0.3) is 0 Å². The number of rotatable bonds is 7. The molecule has 2 N–H and O–H groups in total. The van der Waals surface area contributed by atoms with Crippen molar-refractivity contribution in [3.05, 3.63) is 52.2 Å². The summed E-state index contributed by atoms with van der Waals surface area (Å²) in [4.78, 5) is 36.6. The lowest BCUT2D eigenvalue weighted by Gasteiger charge is -2.24. The fourth-order valence-corrected chi connectivity index (χ4v) is 2.66. The van der Waals surface area contributed by atoms with Crippen LogP contribution in [-0.2, 0) is 9.53 Å². The van der Waals surface area contributed by atoms with Crippen LogP contribution in [0.1, 0.15) is 47.2 Å². The lowest BCUT2D eigenvalue weighted by atomic mass is 10.0. The third-order valence-electron chi connectivity index (χ3n) is 3.80. The van der Waals surface area contributed by atoms with E-state index in [0.717, 1.165) is 6.42 Å². The molecule has 1 aromatic carbocycles. The van der Waals surface area contributed by atoms with Gasteiger partial charge in [-0.3, -0.25) is 9.59 Å². The van der Waals surface area contributed by atoms with Crippen LogP contribution in [0, 0.1) is 0 Å². The summed E-state index contributed by atoms with van der Waals surface area (Å²) in [6.07, 6.45) is 0.763. The molecule has 0 saturated carbocycles. The van der Waals surface area contributed by atoms with Crippen LogP contribution in [0.3, 0.4) is 0 Å². The summed E-state index contributed by atoms with van der Waals surface area (Å²) in [5.41, 5.74) is 0.390. The van der Waals surface area contributed by atoms with Crippen molar-refractivity contribution in [3.63, 3.8) is 0 Å². The zero-order valence-corrected chi connectivity index (χ0v) is 15.8. The Bertz CT molecular complexity index is 785. The highest BCUT2D eigenvalue weighted by atomic mass is 32.1. The van der Waals surface area contributed by atoms with Gasteiger partial charge in [0.15, 0.2) is 6.61 Å². The van der Waals surface area contributed by atoms with Gasteiger partial charge in [-0.05, 0) is 49.9 Å². The zero-order valence-electron chi connectivity index (χ0n) is 15.0. The molecule has 6 nitrogen and oxygen atoms in total. The van der Waals surface area contributed by atoms with E-state index in [0.29, 0.717) is 10.6 Å². The van der Waals surface area contributed by atoms with E-state index in [9.17, 15) is 14.4 Å². The van der Waals surface area contributed by atoms with Crippen LogP contribution >= 0.6 is 11.3 Å². The van der Waals surface area contributed by atoms with Crippen molar-refractivity contribution in [2.24, 2.45) is 0 Å². The fraction of sp³-hybridized carbons (Fsp3) is 0.316. The highest BCUT2D eigenvalue weighted by Crippen LogP contribution is 2.15. The standard InChI is InChI=1S/C19H22N2O4S/c1-4-19(2,3)21-16(22)12-25-18(24)13-7-5-8-14(11-13)20-17(23)15-9-6-10-26-15/h5-11H,4,12H2,1-3H3,(H,20,23)(H,21,22). The molecule has 0 bridgehead atoms. The quantitative estimate of drug-likeness (QED) is 0.727. The minimum Gasteiger partial charge on any atom is -0.452 e. The maximum Gasteiger partial charge on any atom is 0.338 e. The first kappa shape index (κ1) is 19.7. The Morgan fingerprint density at radius 3 is 2.58 bits per heavy atom. The summed E-state index contributed by atoms with van der Waals surface area (Å²) in [7, 11) is 0. The molecule has 2 rings (SSSR count). The first-order chi connectivity index (χ1) is 12.3. The van der Waals surface area contributed by atoms with Gasteiger partial charge in [0, 0.05) is 11.2 Å². The number of esters is 1. The summed E-state index contributed by atoms with van der Waals surface area (Å²) in [6.45, 7) is 5.40. The molecule has 0 fully saturated rings. The molecular weight excluding hydrogens is 352 g/mol. The van der Waals surface area contributed by atoms with Crippen molar-refractivity contribution in [2.45, 2.75) is 32.7 Å². The number of hydrogen-bond donors (Lipinski definition) is 2. The van der Waals surface area contributed by atoms with Gasteiger partial charge in [0.05, 0.1) is 10.4 Å². The Kier molecular flexibility index (Phi) is 6.52. The van der Waals surface area contributed by atoms with Gasteiger partial charge in [-0.25, -0.2) is 4.79 Å². The predicted molar refractivity (Wildman–Crippen MR) is 102 cm³/mol. The van der Waals surface area contributed by atoms with E-state index in [1.54, 1.807) is 30.3 Å². The molecule has 0 saturated heterocycles. The summed E-state index contributed by atoms with van der Waals surface area (Å²) >= 11 is 1.33. The van der Waals surface area contributed by atoms with Gasteiger partial charge in [-0.15, -0.1) is 11.3 Å². The molecule has 7 heteroatoms. The van der Waals surface area contributed by atoms with Crippen LogP contribution < -0.4 is 10.6 Å². The molecule has 0 aliphatic carbocycles. The second-order valence-electron chi connectivity index (χ2n) is 6.37. The lowest BCUT2D eigenvalue weighted by Crippen LogP contribution is -2.44. The second-order valence-corrected chi connectivity index (χ2v) is 7.32. The smallest absolute Gasteiger partial charge is 0.338 e. The molecule has 26 heavy (non-hydrogen) atoms. The van der Waals surface area contributed by atoms with Crippen molar-refractivity contribution >= 4 is 34.8 Å². The lowest BCUT2D eigenvalue weighted by molar-refractivity contribution is -0.125. The summed E-state index contributed by atoms with van der Waals surface area (Å²) in [5.74, 6) is -1.22. The Balaban J connectivity index is 1.93. The first-order valence-electron chi connectivity index (χ1n) is 8.24. The summed E-state index contributed by atoms with van der Waals surface area (Å²) in [5, 5.41) is 7.33. The number of hydrogen-bond acceptors (Lipinski definition) is 5. The van der Waals surface area contributed by atoms with Crippen molar-refractivity contribution in [1.29, 1.82) is 0 Å². The van der Waals surface area contributed by atoms with Crippen LogP contribution in [0.4, 0.5) is 5.69 Å². The summed E-state index contributed by atoms with van der Waals surface area (Å²) < 4.78 is 5.05. The number of anilines is 1. The zero-order chi connectivity index (χ0) is 19.2. The van der Waals surface area contributed by atoms with Crippen molar-refractivity contribution in [1.82, 2.24) is 5.32 Å². The SMILES string of the molecule is CCC(C)(C)NC(=O)COC(=O)c1cccc(NC(=O)c2cccs2)c1. The topological polar surface area (TPSA) is 84.5 Å². The summed E-state index contributed by atoms with van der Waals surface area (Å²) in [6, 6.07) is 9.91. The molecule has 0 unspecified atom stereocenters. The molecule has 0 atom stereocenters. The number of carbonyl (C=O) groups excluding carboxylic acids is 3. The minimum atomic E-state index is -0.623. The monoisotopic (exact) mass is 374 g/mol. The van der Waals surface area contributed by atoms with E-state index >= 15 is 0 Å². The molecule has 0 aliphatic heterocycles. The number of ether oxygens (including phenoxy) is 1. The maximum absolute atomic E-state index is 12.1. The Morgan fingerprint density at radius 1 is 1.15 bits per heavy atom. The van der Waals surface area contributed by atoms with Crippen molar-refractivity contribution in [3.8, 4) is 0 Å². The average Bonchev–Trinajstić information content (AvgIpc) is 3.14. The third-order valence-corrected chi connectivity index (χ3v) is 4.67. The van der Waals surface area contributed by atoms with E-state index in [4.69, 9.17) is 4.74 Å². The van der Waals surface area contributed by atoms with Gasteiger partial charge < -0.3 is 15.4 Å². The van der Waals surface area contributed by atoms with Crippen LogP contribution in [0.15, 0.2) is 41.8 Å². The molecular formula is C19H22N2O4S. The Hall–Kier alpha value is -2.67. The van der Waals surface area contributed by atoms with Gasteiger partial charge in [0.25, 0.3) is 11.8 Å². The van der Waals surface area contributed by atoms with Crippen LogP contribution in [0.5, 0.6) is 0 Å². The first-order valence-corrected chi connectivity index (χ1v) is 9.12. The van der Waals surface area contributed by atoms with Gasteiger partial charge in [-0.1, -0.05) is 19.1 Å². The molecule has 2 aromatic rings. The van der Waals surface area contributed by atoms with Crippen LogP contribution in [0.2, 0.25) is 0 Å². The van der Waals surface area contributed by atoms with Crippen molar-refractivity contribution < 1.29 is 19.1 Å². The number of carbonyl (C=O) groups is 3. The average molecular weight is 374 g/mol.